The number of rotatable bonds is 2. The van der Waals surface area contributed by atoms with Crippen molar-refractivity contribution in [3.63, 3.8) is 0 Å². The molecule has 0 fully saturated rings. The van der Waals surface area contributed by atoms with Crippen molar-refractivity contribution in [2.45, 2.75) is 6.42 Å². The molecule has 1 heterocycles. The largest absolute Gasteiger partial charge is 0.326 e. The van der Waals surface area contributed by atoms with Gasteiger partial charge in [-0.3, -0.25) is 9.59 Å². The number of fused-ring (bicyclic) bond motifs is 3. The van der Waals surface area contributed by atoms with Crippen LogP contribution in [0.2, 0.25) is 0 Å². The summed E-state index contributed by atoms with van der Waals surface area (Å²) in [6, 6.07) is 18.8. The van der Waals surface area contributed by atoms with Gasteiger partial charge in [0.2, 0.25) is 5.91 Å². The Balaban J connectivity index is 1.81. The van der Waals surface area contributed by atoms with Gasteiger partial charge in [0, 0.05) is 16.8 Å². The Morgan fingerprint density at radius 3 is 2.55 bits per heavy atom. The molecular weight excluding hydrogens is 274 g/mol. The Labute approximate surface area is 127 Å². The minimum atomic E-state index is 0.0113. The Bertz CT molecular complexity index is 913. The zero-order chi connectivity index (χ0) is 15.1. The number of carbonyl (C=O) groups is 2. The Kier molecular flexibility index (Phi) is 2.79. The molecular formula is C19H13NO2. The third-order valence-corrected chi connectivity index (χ3v) is 4.04. The molecule has 1 amide bonds. The van der Waals surface area contributed by atoms with Gasteiger partial charge in [-0.05, 0) is 28.5 Å². The predicted octanol–water partition coefficient (Wildman–Crippen LogP) is 3.57. The van der Waals surface area contributed by atoms with E-state index in [2.05, 4.69) is 5.32 Å². The summed E-state index contributed by atoms with van der Waals surface area (Å²) in [6.07, 6.45) is 0.401. The number of benzene rings is 3. The van der Waals surface area contributed by atoms with Gasteiger partial charge in [0.1, 0.15) is 0 Å². The summed E-state index contributed by atoms with van der Waals surface area (Å²) in [5, 5.41) is 4.86. The second kappa shape index (κ2) is 4.81. The lowest BCUT2D eigenvalue weighted by molar-refractivity contribution is -0.115. The molecule has 3 aromatic carbocycles. The van der Waals surface area contributed by atoms with Crippen LogP contribution >= 0.6 is 0 Å². The fourth-order valence-electron chi connectivity index (χ4n) is 2.95. The molecule has 0 radical (unpaired) electrons. The van der Waals surface area contributed by atoms with Crippen LogP contribution in [0.4, 0.5) is 5.69 Å². The van der Waals surface area contributed by atoms with E-state index < -0.39 is 0 Å². The lowest BCUT2D eigenvalue weighted by Gasteiger charge is -2.07. The summed E-state index contributed by atoms with van der Waals surface area (Å²) in [6.45, 7) is 0. The molecule has 0 atom stereocenters. The average Bonchev–Trinajstić information content (AvgIpc) is 2.95. The molecule has 0 saturated heterocycles. The van der Waals surface area contributed by atoms with Gasteiger partial charge in [0.25, 0.3) is 0 Å². The molecule has 3 nitrogen and oxygen atoms in total. The number of ketones is 1. The number of hydrogen-bond acceptors (Lipinski definition) is 2. The molecule has 3 heteroatoms. The summed E-state index contributed by atoms with van der Waals surface area (Å²) in [7, 11) is 0. The normalized spacial score (nSPS) is 13.0. The first kappa shape index (κ1) is 12.8. The van der Waals surface area contributed by atoms with Crippen LogP contribution in [0.25, 0.3) is 10.8 Å². The Morgan fingerprint density at radius 2 is 1.73 bits per heavy atom. The second-order valence-electron chi connectivity index (χ2n) is 5.45. The van der Waals surface area contributed by atoms with Crippen LogP contribution in [0.15, 0.2) is 60.7 Å². The van der Waals surface area contributed by atoms with Crippen molar-refractivity contribution in [1.29, 1.82) is 0 Å². The van der Waals surface area contributed by atoms with E-state index >= 15 is 0 Å². The smallest absolute Gasteiger partial charge is 0.228 e. The van der Waals surface area contributed by atoms with Crippen LogP contribution in [0, 0.1) is 0 Å². The van der Waals surface area contributed by atoms with Crippen molar-refractivity contribution in [3.05, 3.63) is 77.4 Å². The molecule has 22 heavy (non-hydrogen) atoms. The minimum absolute atomic E-state index is 0.0113. The quantitative estimate of drug-likeness (QED) is 0.732. The van der Waals surface area contributed by atoms with Gasteiger partial charge in [-0.15, -0.1) is 0 Å². The van der Waals surface area contributed by atoms with Crippen LogP contribution in [-0.2, 0) is 11.2 Å². The molecule has 106 valence electrons. The topological polar surface area (TPSA) is 46.2 Å². The van der Waals surface area contributed by atoms with Gasteiger partial charge in [-0.25, -0.2) is 0 Å². The van der Waals surface area contributed by atoms with E-state index in [4.69, 9.17) is 0 Å². The van der Waals surface area contributed by atoms with Crippen molar-refractivity contribution in [2.75, 3.05) is 5.32 Å². The summed E-state index contributed by atoms with van der Waals surface area (Å²) < 4.78 is 0. The first-order valence-electron chi connectivity index (χ1n) is 7.17. The number of carbonyl (C=O) groups excluding carboxylic acids is 2. The highest BCUT2D eigenvalue weighted by Crippen LogP contribution is 2.31. The van der Waals surface area contributed by atoms with E-state index in [0.29, 0.717) is 17.5 Å². The number of hydrogen-bond donors (Lipinski definition) is 1. The molecule has 0 aromatic heterocycles. The SMILES string of the molecule is O=C1Cc2c(ccc3cc(C(=O)c4ccccc4)ccc23)N1. The van der Waals surface area contributed by atoms with Crippen LogP contribution in [-0.4, -0.2) is 11.7 Å². The van der Waals surface area contributed by atoms with Crippen LogP contribution < -0.4 is 5.32 Å². The lowest BCUT2D eigenvalue weighted by atomic mass is 9.97. The minimum Gasteiger partial charge on any atom is -0.326 e. The van der Waals surface area contributed by atoms with Crippen LogP contribution in [0.5, 0.6) is 0 Å². The third-order valence-electron chi connectivity index (χ3n) is 4.04. The predicted molar refractivity (Wildman–Crippen MR) is 86.2 cm³/mol. The Morgan fingerprint density at radius 1 is 0.909 bits per heavy atom. The van der Waals surface area contributed by atoms with E-state index in [0.717, 1.165) is 22.0 Å². The van der Waals surface area contributed by atoms with Gasteiger partial charge in [-0.1, -0.05) is 48.5 Å². The maximum absolute atomic E-state index is 12.5. The van der Waals surface area contributed by atoms with Gasteiger partial charge in [-0.2, -0.15) is 0 Å². The van der Waals surface area contributed by atoms with Gasteiger partial charge < -0.3 is 5.32 Å². The van der Waals surface area contributed by atoms with Crippen molar-refractivity contribution in [1.82, 2.24) is 0 Å². The molecule has 1 aliphatic heterocycles. The van der Waals surface area contributed by atoms with E-state index in [-0.39, 0.29) is 11.7 Å². The molecule has 0 bridgehead atoms. The van der Waals surface area contributed by atoms with Crippen molar-refractivity contribution in [2.24, 2.45) is 0 Å². The molecule has 4 rings (SSSR count). The molecule has 1 N–H and O–H groups in total. The van der Waals surface area contributed by atoms with E-state index in [1.807, 2.05) is 60.7 Å². The highest BCUT2D eigenvalue weighted by molar-refractivity contribution is 6.12. The first-order valence-corrected chi connectivity index (χ1v) is 7.17. The average molecular weight is 287 g/mol. The van der Waals surface area contributed by atoms with Crippen LogP contribution in [0.1, 0.15) is 21.5 Å². The van der Waals surface area contributed by atoms with Crippen molar-refractivity contribution in [3.8, 4) is 0 Å². The monoisotopic (exact) mass is 287 g/mol. The number of amides is 1. The zero-order valence-corrected chi connectivity index (χ0v) is 11.8. The summed E-state index contributed by atoms with van der Waals surface area (Å²) in [5.41, 5.74) is 3.23. The maximum atomic E-state index is 12.5. The fraction of sp³-hybridized carbons (Fsp3) is 0.0526. The Hall–Kier alpha value is -2.94. The summed E-state index contributed by atoms with van der Waals surface area (Å²) in [5.74, 6) is 0.0316. The summed E-state index contributed by atoms with van der Waals surface area (Å²) in [4.78, 5) is 24.0. The fourth-order valence-corrected chi connectivity index (χ4v) is 2.95. The van der Waals surface area contributed by atoms with Gasteiger partial charge >= 0.3 is 0 Å². The van der Waals surface area contributed by atoms with E-state index in [1.165, 1.54) is 0 Å². The second-order valence-corrected chi connectivity index (χ2v) is 5.45. The highest BCUT2D eigenvalue weighted by atomic mass is 16.1. The van der Waals surface area contributed by atoms with Crippen LogP contribution in [0.3, 0.4) is 0 Å². The molecule has 0 aliphatic carbocycles. The van der Waals surface area contributed by atoms with E-state index in [9.17, 15) is 9.59 Å². The molecule has 0 saturated carbocycles. The molecule has 0 unspecified atom stereocenters. The highest BCUT2D eigenvalue weighted by Gasteiger charge is 2.20. The molecule has 0 spiro atoms. The zero-order valence-electron chi connectivity index (χ0n) is 11.8. The summed E-state index contributed by atoms with van der Waals surface area (Å²) >= 11 is 0. The van der Waals surface area contributed by atoms with E-state index in [1.54, 1.807) is 0 Å². The van der Waals surface area contributed by atoms with Crippen molar-refractivity contribution >= 4 is 28.2 Å². The standard InChI is InChI=1S/C19H13NO2/c21-18-11-16-15-8-6-14(10-13(15)7-9-17(16)20-18)19(22)12-4-2-1-3-5-12/h1-10H,11H2,(H,20,21). The van der Waals surface area contributed by atoms with Gasteiger partial charge in [0.05, 0.1) is 6.42 Å². The van der Waals surface area contributed by atoms with Crippen molar-refractivity contribution < 1.29 is 9.59 Å². The maximum Gasteiger partial charge on any atom is 0.228 e. The van der Waals surface area contributed by atoms with Gasteiger partial charge in [0.15, 0.2) is 5.78 Å². The number of anilines is 1. The molecule has 1 aliphatic rings. The first-order chi connectivity index (χ1) is 10.7. The molecule has 3 aromatic rings. The number of nitrogens with one attached hydrogen (secondary N) is 1. The lowest BCUT2D eigenvalue weighted by Crippen LogP contribution is -2.03. The third kappa shape index (κ3) is 1.99.